The van der Waals surface area contributed by atoms with Crippen LogP contribution in [0.3, 0.4) is 0 Å². The Balaban J connectivity index is 1.42. The molecule has 0 aliphatic heterocycles. The van der Waals surface area contributed by atoms with Gasteiger partial charge in [0.1, 0.15) is 40.0 Å². The second-order valence-corrected chi connectivity index (χ2v) is 7.42. The van der Waals surface area contributed by atoms with Gasteiger partial charge in [-0.05, 0) is 24.3 Å². The highest BCUT2D eigenvalue weighted by molar-refractivity contribution is 5.90. The van der Waals surface area contributed by atoms with Crippen molar-refractivity contribution in [1.29, 1.82) is 0 Å². The molecule has 4 aromatic rings. The van der Waals surface area contributed by atoms with E-state index in [1.807, 2.05) is 0 Å². The molecule has 0 radical (unpaired) electrons. The van der Waals surface area contributed by atoms with E-state index in [1.54, 1.807) is 0 Å². The van der Waals surface area contributed by atoms with Crippen LogP contribution in [-0.4, -0.2) is 46.6 Å². The largest absolute Gasteiger partial charge is 0.493 e. The van der Waals surface area contributed by atoms with Crippen molar-refractivity contribution in [2.24, 2.45) is 0 Å². The van der Waals surface area contributed by atoms with Crippen LogP contribution in [0.4, 0.5) is 0 Å². The zero-order valence-corrected chi connectivity index (χ0v) is 17.9. The summed E-state index contributed by atoms with van der Waals surface area (Å²) in [6, 6.07) is 10.6. The highest BCUT2D eigenvalue weighted by Crippen LogP contribution is 2.25. The van der Waals surface area contributed by atoms with Gasteiger partial charge < -0.3 is 33.6 Å². The number of hydrogen-bond acceptors (Lipinski definition) is 9. The van der Waals surface area contributed by atoms with E-state index in [9.17, 15) is 24.3 Å². The van der Waals surface area contributed by atoms with Crippen LogP contribution < -0.4 is 20.3 Å². The van der Waals surface area contributed by atoms with Gasteiger partial charge in [0.2, 0.25) is 11.5 Å². The van der Waals surface area contributed by atoms with Crippen LogP contribution in [0.15, 0.2) is 67.0 Å². The summed E-state index contributed by atoms with van der Waals surface area (Å²) in [5.74, 6) is -3.45. The standard InChI is InChI=1S/C24H18O11/c25-12(11-33-16-4-2-6-18-22(16)14(27)10-20(35-18)24(30)31)7-8-32-15-3-1-5-17-21(15)13(26)9-19(34-17)23(28)29/h1-6,9-10,12,25H,7-8,11H2,(H,28,29)(H,30,31). The van der Waals surface area contributed by atoms with E-state index in [0.29, 0.717) is 0 Å². The number of carboxylic acids is 2. The summed E-state index contributed by atoms with van der Waals surface area (Å²) in [7, 11) is 0. The summed E-state index contributed by atoms with van der Waals surface area (Å²) in [5, 5.41) is 28.5. The van der Waals surface area contributed by atoms with E-state index < -0.39 is 40.4 Å². The molecule has 180 valence electrons. The first-order valence-electron chi connectivity index (χ1n) is 10.3. The first kappa shape index (κ1) is 23.5. The van der Waals surface area contributed by atoms with Gasteiger partial charge in [0.25, 0.3) is 0 Å². The number of hydrogen-bond donors (Lipinski definition) is 3. The van der Waals surface area contributed by atoms with Crippen LogP contribution in [0, 0.1) is 0 Å². The third kappa shape index (κ3) is 4.99. The molecule has 0 fully saturated rings. The van der Waals surface area contributed by atoms with Gasteiger partial charge in [0, 0.05) is 18.6 Å². The van der Waals surface area contributed by atoms with Crippen LogP contribution in [0.5, 0.6) is 11.5 Å². The number of benzene rings is 2. The number of aliphatic hydroxyl groups is 1. The van der Waals surface area contributed by atoms with E-state index in [0.717, 1.165) is 12.1 Å². The summed E-state index contributed by atoms with van der Waals surface area (Å²) in [6.45, 7) is -0.217. The minimum Gasteiger partial charge on any atom is -0.493 e. The lowest BCUT2D eigenvalue weighted by Gasteiger charge is -2.14. The fourth-order valence-electron chi connectivity index (χ4n) is 3.38. The predicted molar refractivity (Wildman–Crippen MR) is 121 cm³/mol. The fraction of sp³-hybridized carbons (Fsp3) is 0.167. The Bertz CT molecular complexity index is 1550. The van der Waals surface area contributed by atoms with Gasteiger partial charge in [0.15, 0.2) is 10.9 Å². The topological polar surface area (TPSA) is 174 Å². The minimum atomic E-state index is -1.38. The molecule has 0 amide bonds. The number of carbonyl (C=O) groups is 2. The van der Waals surface area contributed by atoms with Gasteiger partial charge in [-0.15, -0.1) is 0 Å². The van der Waals surface area contributed by atoms with Crippen molar-refractivity contribution < 1.29 is 43.2 Å². The van der Waals surface area contributed by atoms with E-state index in [-0.39, 0.29) is 53.1 Å². The first-order valence-corrected chi connectivity index (χ1v) is 10.3. The number of ether oxygens (including phenoxy) is 2. The molecule has 11 heteroatoms. The first-order chi connectivity index (χ1) is 16.7. The smallest absolute Gasteiger partial charge is 0.371 e. The highest BCUT2D eigenvalue weighted by Gasteiger charge is 2.17. The van der Waals surface area contributed by atoms with Crippen LogP contribution >= 0.6 is 0 Å². The maximum Gasteiger partial charge on any atom is 0.371 e. The molecule has 2 aromatic carbocycles. The van der Waals surface area contributed by atoms with Gasteiger partial charge >= 0.3 is 11.9 Å². The lowest BCUT2D eigenvalue weighted by Crippen LogP contribution is -2.21. The molecule has 1 atom stereocenters. The molecule has 0 saturated carbocycles. The van der Waals surface area contributed by atoms with Gasteiger partial charge in [-0.25, -0.2) is 9.59 Å². The summed E-state index contributed by atoms with van der Waals surface area (Å²) in [6.07, 6.45) is -0.919. The number of rotatable bonds is 9. The predicted octanol–water partition coefficient (Wildman–Crippen LogP) is 2.50. The fourth-order valence-corrected chi connectivity index (χ4v) is 3.38. The van der Waals surface area contributed by atoms with Crippen molar-refractivity contribution >= 4 is 33.9 Å². The van der Waals surface area contributed by atoms with Crippen molar-refractivity contribution in [3.63, 3.8) is 0 Å². The molecule has 3 N–H and O–H groups in total. The minimum absolute atomic E-state index is 0.0105. The average molecular weight is 482 g/mol. The molecule has 0 saturated heterocycles. The number of carboxylic acid groups (broad SMARTS) is 2. The zero-order chi connectivity index (χ0) is 25.1. The maximum absolute atomic E-state index is 12.3. The van der Waals surface area contributed by atoms with Crippen molar-refractivity contribution in [1.82, 2.24) is 0 Å². The normalized spacial score (nSPS) is 11.9. The van der Waals surface area contributed by atoms with E-state index in [4.69, 9.17) is 28.5 Å². The Morgan fingerprint density at radius 3 is 1.77 bits per heavy atom. The quantitative estimate of drug-likeness (QED) is 0.320. The Morgan fingerprint density at radius 2 is 1.29 bits per heavy atom. The van der Waals surface area contributed by atoms with E-state index in [2.05, 4.69) is 0 Å². The Hall–Kier alpha value is -4.64. The Labute approximate surface area is 195 Å². The molecule has 0 bridgehead atoms. The molecule has 4 rings (SSSR count). The van der Waals surface area contributed by atoms with E-state index in [1.165, 1.54) is 36.4 Å². The van der Waals surface area contributed by atoms with Crippen LogP contribution in [0.2, 0.25) is 0 Å². The van der Waals surface area contributed by atoms with Gasteiger partial charge in [-0.1, -0.05) is 12.1 Å². The molecule has 2 heterocycles. The average Bonchev–Trinajstić information content (AvgIpc) is 2.82. The Morgan fingerprint density at radius 1 is 0.800 bits per heavy atom. The highest BCUT2D eigenvalue weighted by atomic mass is 16.5. The molecule has 0 aliphatic rings. The zero-order valence-electron chi connectivity index (χ0n) is 17.9. The van der Waals surface area contributed by atoms with E-state index >= 15 is 0 Å². The molecular weight excluding hydrogens is 464 g/mol. The maximum atomic E-state index is 12.3. The molecule has 11 nitrogen and oxygen atoms in total. The SMILES string of the molecule is O=C(O)c1cc(=O)c2c(OCCC(O)COc3cccc4oc(C(=O)O)cc(=O)c34)cccc2o1. The second-order valence-electron chi connectivity index (χ2n) is 7.42. The van der Waals surface area contributed by atoms with Gasteiger partial charge in [-0.3, -0.25) is 9.59 Å². The number of fused-ring (bicyclic) bond motifs is 2. The van der Waals surface area contributed by atoms with Crippen molar-refractivity contribution in [3.8, 4) is 11.5 Å². The number of aliphatic hydroxyl groups excluding tert-OH is 1. The summed E-state index contributed by atoms with van der Waals surface area (Å²) >= 11 is 0. The van der Waals surface area contributed by atoms with Crippen molar-refractivity contribution in [2.75, 3.05) is 13.2 Å². The Kier molecular flexibility index (Phi) is 6.51. The molecular formula is C24H18O11. The lowest BCUT2D eigenvalue weighted by molar-refractivity contribution is 0.0653. The monoisotopic (exact) mass is 482 g/mol. The molecule has 0 spiro atoms. The van der Waals surface area contributed by atoms with Crippen LogP contribution in [-0.2, 0) is 0 Å². The summed E-state index contributed by atoms with van der Waals surface area (Å²) in [5.41, 5.74) is -1.09. The van der Waals surface area contributed by atoms with Gasteiger partial charge in [0.05, 0.1) is 12.7 Å². The molecule has 35 heavy (non-hydrogen) atoms. The summed E-state index contributed by atoms with van der Waals surface area (Å²) in [4.78, 5) is 46.8. The van der Waals surface area contributed by atoms with Crippen LogP contribution in [0.1, 0.15) is 27.5 Å². The summed E-state index contributed by atoms with van der Waals surface area (Å²) < 4.78 is 21.6. The van der Waals surface area contributed by atoms with Crippen molar-refractivity contribution in [2.45, 2.75) is 12.5 Å². The number of aromatic carboxylic acids is 2. The molecule has 0 aliphatic carbocycles. The lowest BCUT2D eigenvalue weighted by atomic mass is 10.2. The van der Waals surface area contributed by atoms with Gasteiger partial charge in [-0.2, -0.15) is 0 Å². The third-order valence-corrected chi connectivity index (χ3v) is 4.99. The molecule has 1 unspecified atom stereocenters. The van der Waals surface area contributed by atoms with Crippen LogP contribution in [0.25, 0.3) is 21.9 Å². The van der Waals surface area contributed by atoms with Crippen molar-refractivity contribution in [3.05, 3.63) is 80.5 Å². The molecule has 2 aromatic heterocycles. The second kappa shape index (κ2) is 9.69. The third-order valence-electron chi connectivity index (χ3n) is 4.99.